The molecular formula is C9H2Cl2F4N2. The van der Waals surface area contributed by atoms with Crippen molar-refractivity contribution in [2.75, 3.05) is 0 Å². The van der Waals surface area contributed by atoms with Crippen molar-refractivity contribution in [1.82, 2.24) is 9.97 Å². The highest BCUT2D eigenvalue weighted by Crippen LogP contribution is 2.33. The van der Waals surface area contributed by atoms with Gasteiger partial charge in [0.15, 0.2) is 10.3 Å². The summed E-state index contributed by atoms with van der Waals surface area (Å²) in [5.74, 6) is -1.43. The van der Waals surface area contributed by atoms with E-state index in [0.29, 0.717) is 12.1 Å². The van der Waals surface area contributed by atoms with E-state index in [-0.39, 0.29) is 21.3 Å². The number of aromatic nitrogens is 2. The lowest BCUT2D eigenvalue weighted by Gasteiger charge is -2.08. The minimum atomic E-state index is -4.80. The number of nitrogens with zero attached hydrogens (tertiary/aromatic N) is 2. The summed E-state index contributed by atoms with van der Waals surface area (Å²) in [6.45, 7) is 0. The fourth-order valence-corrected chi connectivity index (χ4v) is 1.52. The van der Waals surface area contributed by atoms with Gasteiger partial charge in [0.2, 0.25) is 0 Å². The van der Waals surface area contributed by atoms with Crippen LogP contribution in [-0.2, 0) is 6.18 Å². The molecule has 0 aliphatic carbocycles. The largest absolute Gasteiger partial charge is 0.419 e. The van der Waals surface area contributed by atoms with Gasteiger partial charge in [-0.05, 0) is 6.07 Å². The number of hydrogen-bond donors (Lipinski definition) is 0. The quantitative estimate of drug-likeness (QED) is 0.681. The van der Waals surface area contributed by atoms with E-state index in [1.54, 1.807) is 0 Å². The average molecular weight is 285 g/mol. The van der Waals surface area contributed by atoms with Gasteiger partial charge in [-0.1, -0.05) is 23.2 Å². The normalized spacial score (nSPS) is 12.1. The molecular weight excluding hydrogens is 283 g/mol. The van der Waals surface area contributed by atoms with Crippen LogP contribution in [0.25, 0.3) is 11.0 Å². The lowest BCUT2D eigenvalue weighted by Crippen LogP contribution is -2.08. The summed E-state index contributed by atoms with van der Waals surface area (Å²) < 4.78 is 50.4. The highest BCUT2D eigenvalue weighted by molar-refractivity contribution is 6.40. The topological polar surface area (TPSA) is 25.8 Å². The van der Waals surface area contributed by atoms with E-state index in [1.807, 2.05) is 0 Å². The number of rotatable bonds is 0. The standard InChI is InChI=1S/C9H2Cl2F4N2/c10-7-8(11)17-6-2-4(12)3(9(13,14)15)1-5(6)16-7/h1-2H. The Labute approximate surface area is 102 Å². The molecule has 1 aromatic carbocycles. The van der Waals surface area contributed by atoms with Crippen molar-refractivity contribution in [3.8, 4) is 0 Å². The van der Waals surface area contributed by atoms with Crippen LogP contribution in [0.15, 0.2) is 12.1 Å². The Kier molecular flexibility index (Phi) is 2.87. The molecule has 0 N–H and O–H groups in total. The van der Waals surface area contributed by atoms with Crippen LogP contribution in [0.1, 0.15) is 5.56 Å². The van der Waals surface area contributed by atoms with E-state index in [1.165, 1.54) is 0 Å². The monoisotopic (exact) mass is 284 g/mol. The smallest absolute Gasteiger partial charge is 0.231 e. The van der Waals surface area contributed by atoms with E-state index in [4.69, 9.17) is 23.2 Å². The second kappa shape index (κ2) is 3.96. The molecule has 0 unspecified atom stereocenters. The van der Waals surface area contributed by atoms with E-state index >= 15 is 0 Å². The van der Waals surface area contributed by atoms with Crippen LogP contribution in [0.2, 0.25) is 10.3 Å². The van der Waals surface area contributed by atoms with E-state index in [2.05, 4.69) is 9.97 Å². The number of alkyl halides is 3. The predicted molar refractivity (Wildman–Crippen MR) is 54.5 cm³/mol. The first-order valence-corrected chi connectivity index (χ1v) is 4.94. The van der Waals surface area contributed by atoms with Gasteiger partial charge >= 0.3 is 6.18 Å². The Morgan fingerprint density at radius 1 is 0.941 bits per heavy atom. The first-order valence-electron chi connectivity index (χ1n) is 4.18. The molecule has 0 saturated heterocycles. The van der Waals surface area contributed by atoms with Gasteiger partial charge in [0.1, 0.15) is 5.82 Å². The SMILES string of the molecule is Fc1cc2nc(Cl)c(Cl)nc2cc1C(F)(F)F. The van der Waals surface area contributed by atoms with Crippen LogP contribution in [0, 0.1) is 5.82 Å². The molecule has 0 radical (unpaired) electrons. The maximum atomic E-state index is 13.2. The third-order valence-electron chi connectivity index (χ3n) is 1.98. The molecule has 0 atom stereocenters. The van der Waals surface area contributed by atoms with Gasteiger partial charge in [0, 0.05) is 6.07 Å². The van der Waals surface area contributed by atoms with Crippen molar-refractivity contribution in [3.05, 3.63) is 33.8 Å². The van der Waals surface area contributed by atoms with Crippen LogP contribution < -0.4 is 0 Å². The fourth-order valence-electron chi connectivity index (χ4n) is 1.25. The van der Waals surface area contributed by atoms with Gasteiger partial charge in [-0.2, -0.15) is 13.2 Å². The molecule has 2 aromatic rings. The van der Waals surface area contributed by atoms with Gasteiger partial charge in [0.05, 0.1) is 16.6 Å². The maximum absolute atomic E-state index is 13.2. The first-order chi connectivity index (χ1) is 7.79. The van der Waals surface area contributed by atoms with Crippen LogP contribution in [0.5, 0.6) is 0 Å². The minimum absolute atomic E-state index is 0.0927. The van der Waals surface area contributed by atoms with Crippen LogP contribution >= 0.6 is 23.2 Å². The number of halogens is 6. The van der Waals surface area contributed by atoms with Crippen LogP contribution in [-0.4, -0.2) is 9.97 Å². The summed E-state index contributed by atoms with van der Waals surface area (Å²) in [5, 5.41) is -0.433. The summed E-state index contributed by atoms with van der Waals surface area (Å²) >= 11 is 11.0. The lowest BCUT2D eigenvalue weighted by molar-refractivity contribution is -0.139. The second-order valence-electron chi connectivity index (χ2n) is 3.12. The molecule has 17 heavy (non-hydrogen) atoms. The Morgan fingerprint density at radius 2 is 1.41 bits per heavy atom. The van der Waals surface area contributed by atoms with Gasteiger partial charge in [-0.15, -0.1) is 0 Å². The second-order valence-corrected chi connectivity index (χ2v) is 3.84. The summed E-state index contributed by atoms with van der Waals surface area (Å²) in [6.07, 6.45) is -4.80. The highest BCUT2D eigenvalue weighted by atomic mass is 35.5. The molecule has 8 heteroatoms. The van der Waals surface area contributed by atoms with E-state index in [9.17, 15) is 17.6 Å². The zero-order chi connectivity index (χ0) is 12.8. The van der Waals surface area contributed by atoms with Crippen molar-refractivity contribution in [2.45, 2.75) is 6.18 Å². The molecule has 0 amide bonds. The molecule has 0 fully saturated rings. The van der Waals surface area contributed by atoms with Gasteiger partial charge < -0.3 is 0 Å². The fraction of sp³-hybridized carbons (Fsp3) is 0.111. The van der Waals surface area contributed by atoms with E-state index in [0.717, 1.165) is 0 Å². The van der Waals surface area contributed by atoms with Crippen molar-refractivity contribution in [3.63, 3.8) is 0 Å². The molecule has 0 spiro atoms. The molecule has 2 rings (SSSR count). The summed E-state index contributed by atoms with van der Waals surface area (Å²) in [4.78, 5) is 7.22. The predicted octanol–water partition coefficient (Wildman–Crippen LogP) is 4.09. The molecule has 2 nitrogen and oxygen atoms in total. The van der Waals surface area contributed by atoms with Gasteiger partial charge in [0.25, 0.3) is 0 Å². The lowest BCUT2D eigenvalue weighted by atomic mass is 10.1. The number of hydrogen-bond acceptors (Lipinski definition) is 2. The van der Waals surface area contributed by atoms with E-state index < -0.39 is 17.6 Å². The zero-order valence-corrected chi connectivity index (χ0v) is 9.33. The third kappa shape index (κ3) is 2.28. The number of fused-ring (bicyclic) bond motifs is 1. The summed E-state index contributed by atoms with van der Waals surface area (Å²) in [7, 11) is 0. The van der Waals surface area contributed by atoms with Crippen molar-refractivity contribution in [2.24, 2.45) is 0 Å². The highest BCUT2D eigenvalue weighted by Gasteiger charge is 2.34. The number of benzene rings is 1. The molecule has 90 valence electrons. The molecule has 0 saturated carbocycles. The first kappa shape index (κ1) is 12.3. The average Bonchev–Trinajstić information content (AvgIpc) is 2.18. The van der Waals surface area contributed by atoms with Crippen molar-refractivity contribution < 1.29 is 17.6 Å². The van der Waals surface area contributed by atoms with Crippen LogP contribution in [0.3, 0.4) is 0 Å². The Balaban J connectivity index is 2.76. The molecule has 0 aliphatic heterocycles. The third-order valence-corrected chi connectivity index (χ3v) is 2.60. The van der Waals surface area contributed by atoms with Crippen molar-refractivity contribution in [1.29, 1.82) is 0 Å². The molecule has 0 aliphatic rings. The Hall–Kier alpha value is -1.14. The molecule has 1 heterocycles. The summed E-state index contributed by atoms with van der Waals surface area (Å²) in [6, 6.07) is 1.16. The minimum Gasteiger partial charge on any atom is -0.231 e. The maximum Gasteiger partial charge on any atom is 0.419 e. The molecule has 0 bridgehead atoms. The Morgan fingerprint density at radius 3 is 1.88 bits per heavy atom. The molecule has 1 aromatic heterocycles. The Bertz CT molecular complexity index is 598. The van der Waals surface area contributed by atoms with Crippen LogP contribution in [0.4, 0.5) is 17.6 Å². The van der Waals surface area contributed by atoms with Gasteiger partial charge in [-0.25, -0.2) is 14.4 Å². The van der Waals surface area contributed by atoms with Gasteiger partial charge in [-0.3, -0.25) is 0 Å². The van der Waals surface area contributed by atoms with Crippen molar-refractivity contribution >= 4 is 34.2 Å². The summed E-state index contributed by atoms with van der Waals surface area (Å²) in [5.41, 5.74) is -1.68. The zero-order valence-electron chi connectivity index (χ0n) is 7.82.